The van der Waals surface area contributed by atoms with Crippen LogP contribution in [0.1, 0.15) is 43.7 Å². The number of likely N-dealkylation sites (tertiary alicyclic amines) is 2. The van der Waals surface area contributed by atoms with E-state index in [0.29, 0.717) is 32.5 Å². The van der Waals surface area contributed by atoms with Crippen molar-refractivity contribution in [3.8, 4) is 0 Å². The van der Waals surface area contributed by atoms with Gasteiger partial charge in [0.05, 0.1) is 6.42 Å². The number of hydrogen-bond donors (Lipinski definition) is 1. The molecule has 1 spiro atoms. The molecule has 1 unspecified atom stereocenters. The van der Waals surface area contributed by atoms with Crippen LogP contribution < -0.4 is 0 Å². The Labute approximate surface area is 160 Å². The van der Waals surface area contributed by atoms with E-state index < -0.39 is 12.0 Å². The predicted molar refractivity (Wildman–Crippen MR) is 101 cm³/mol. The van der Waals surface area contributed by atoms with Crippen LogP contribution in [0.2, 0.25) is 0 Å². The average molecular weight is 372 g/mol. The van der Waals surface area contributed by atoms with E-state index in [4.69, 9.17) is 0 Å². The fourth-order valence-electron chi connectivity index (χ4n) is 4.16. The van der Waals surface area contributed by atoms with Gasteiger partial charge < -0.3 is 14.9 Å². The molecule has 0 saturated carbocycles. The lowest BCUT2D eigenvalue weighted by Gasteiger charge is -2.48. The van der Waals surface area contributed by atoms with Crippen LogP contribution in [0.3, 0.4) is 0 Å². The maximum absolute atomic E-state index is 12.6. The van der Waals surface area contributed by atoms with E-state index >= 15 is 0 Å². The fourth-order valence-corrected chi connectivity index (χ4v) is 4.16. The van der Waals surface area contributed by atoms with Crippen LogP contribution in [-0.2, 0) is 20.8 Å². The van der Waals surface area contributed by atoms with Crippen LogP contribution in [0, 0.1) is 12.3 Å². The van der Waals surface area contributed by atoms with Crippen LogP contribution in [0.15, 0.2) is 24.3 Å². The van der Waals surface area contributed by atoms with Gasteiger partial charge in [-0.05, 0) is 44.1 Å². The molecular formula is C21H28N2O4. The molecule has 146 valence electrons. The summed E-state index contributed by atoms with van der Waals surface area (Å²) in [7, 11) is 0. The number of carboxylic acid groups (broad SMARTS) is 1. The van der Waals surface area contributed by atoms with Crippen molar-refractivity contribution in [3.63, 3.8) is 0 Å². The number of aryl methyl sites for hydroxylation is 1. The molecule has 2 aliphatic rings. The van der Waals surface area contributed by atoms with Crippen LogP contribution in [0.25, 0.3) is 0 Å². The topological polar surface area (TPSA) is 77.9 Å². The van der Waals surface area contributed by atoms with Gasteiger partial charge in [-0.1, -0.05) is 29.8 Å². The molecule has 2 heterocycles. The van der Waals surface area contributed by atoms with Gasteiger partial charge in [0.25, 0.3) is 0 Å². The Morgan fingerprint density at radius 1 is 1.15 bits per heavy atom. The largest absolute Gasteiger partial charge is 0.480 e. The van der Waals surface area contributed by atoms with Crippen LogP contribution in [0.5, 0.6) is 0 Å². The number of piperidine rings is 2. The molecule has 1 atom stereocenters. The van der Waals surface area contributed by atoms with E-state index in [1.165, 1.54) is 10.5 Å². The fraction of sp³-hybridized carbons (Fsp3) is 0.571. The SMILES string of the molecule is Cc1ccc(CC(=O)N2CCC3(CCC(=O)N(C(C)C(=O)O)C3)CC2)cc1. The van der Waals surface area contributed by atoms with Gasteiger partial charge >= 0.3 is 5.97 Å². The Morgan fingerprint density at radius 2 is 1.78 bits per heavy atom. The quantitative estimate of drug-likeness (QED) is 0.879. The molecule has 1 aromatic rings. The van der Waals surface area contributed by atoms with Crippen molar-refractivity contribution in [2.75, 3.05) is 19.6 Å². The molecular weight excluding hydrogens is 344 g/mol. The lowest BCUT2D eigenvalue weighted by Crippen LogP contribution is -2.56. The lowest BCUT2D eigenvalue weighted by atomic mass is 9.72. The van der Waals surface area contributed by atoms with Gasteiger partial charge in [0, 0.05) is 26.1 Å². The molecule has 0 aliphatic carbocycles. The van der Waals surface area contributed by atoms with E-state index in [1.807, 2.05) is 36.1 Å². The number of carbonyl (C=O) groups is 3. The number of hydrogen-bond acceptors (Lipinski definition) is 3. The number of carbonyl (C=O) groups excluding carboxylic acids is 2. The molecule has 1 N–H and O–H groups in total. The van der Waals surface area contributed by atoms with Crippen molar-refractivity contribution in [1.82, 2.24) is 9.80 Å². The Kier molecular flexibility index (Phi) is 5.53. The van der Waals surface area contributed by atoms with E-state index in [-0.39, 0.29) is 17.2 Å². The first-order chi connectivity index (χ1) is 12.8. The average Bonchev–Trinajstić information content (AvgIpc) is 2.65. The molecule has 27 heavy (non-hydrogen) atoms. The molecule has 2 fully saturated rings. The minimum atomic E-state index is -0.967. The first-order valence-electron chi connectivity index (χ1n) is 9.65. The summed E-state index contributed by atoms with van der Waals surface area (Å²) >= 11 is 0. The second-order valence-corrected chi connectivity index (χ2v) is 8.08. The predicted octanol–water partition coefficient (Wildman–Crippen LogP) is 2.24. The van der Waals surface area contributed by atoms with Gasteiger partial charge in [-0.25, -0.2) is 4.79 Å². The number of aliphatic carboxylic acids is 1. The Bertz CT molecular complexity index is 720. The first-order valence-corrected chi connectivity index (χ1v) is 9.65. The zero-order valence-corrected chi connectivity index (χ0v) is 16.1. The standard InChI is InChI=1S/C21H28N2O4/c1-15-3-5-17(6-4-15)13-19(25)22-11-9-21(10-12-22)8-7-18(24)23(14-21)16(2)20(26)27/h3-6,16H,7-14H2,1-2H3,(H,26,27). The molecule has 2 saturated heterocycles. The maximum atomic E-state index is 12.6. The molecule has 0 aromatic heterocycles. The van der Waals surface area contributed by atoms with E-state index in [2.05, 4.69) is 0 Å². The highest BCUT2D eigenvalue weighted by molar-refractivity contribution is 5.84. The summed E-state index contributed by atoms with van der Waals surface area (Å²) in [5, 5.41) is 9.26. The molecule has 2 amide bonds. The summed E-state index contributed by atoms with van der Waals surface area (Å²) in [5.41, 5.74) is 2.15. The van der Waals surface area contributed by atoms with Crippen LogP contribution in [0.4, 0.5) is 0 Å². The number of nitrogens with zero attached hydrogens (tertiary/aromatic N) is 2. The molecule has 0 radical (unpaired) electrons. The molecule has 0 bridgehead atoms. The van der Waals surface area contributed by atoms with Crippen molar-refractivity contribution in [1.29, 1.82) is 0 Å². The number of benzene rings is 1. The summed E-state index contributed by atoms with van der Waals surface area (Å²) in [6, 6.07) is 7.24. The Hall–Kier alpha value is -2.37. The third-order valence-corrected chi connectivity index (χ3v) is 6.17. The van der Waals surface area contributed by atoms with Crippen molar-refractivity contribution in [2.45, 2.75) is 52.0 Å². The minimum Gasteiger partial charge on any atom is -0.480 e. The van der Waals surface area contributed by atoms with Gasteiger partial charge in [-0.2, -0.15) is 0 Å². The number of amides is 2. The normalized spacial score (nSPS) is 20.6. The molecule has 6 nitrogen and oxygen atoms in total. The Balaban J connectivity index is 1.59. The zero-order chi connectivity index (χ0) is 19.6. The highest BCUT2D eigenvalue weighted by Crippen LogP contribution is 2.40. The number of rotatable bonds is 4. The third kappa shape index (κ3) is 4.31. The summed E-state index contributed by atoms with van der Waals surface area (Å²) in [6.07, 6.45) is 3.24. The van der Waals surface area contributed by atoms with Gasteiger partial charge in [0.2, 0.25) is 11.8 Å². The summed E-state index contributed by atoms with van der Waals surface area (Å²) < 4.78 is 0. The smallest absolute Gasteiger partial charge is 0.326 e. The maximum Gasteiger partial charge on any atom is 0.326 e. The monoisotopic (exact) mass is 372 g/mol. The van der Waals surface area contributed by atoms with Gasteiger partial charge in [-0.3, -0.25) is 9.59 Å². The second kappa shape index (κ2) is 7.71. The van der Waals surface area contributed by atoms with Crippen LogP contribution in [-0.4, -0.2) is 58.4 Å². The molecule has 3 rings (SSSR count). The van der Waals surface area contributed by atoms with E-state index in [1.54, 1.807) is 6.92 Å². The van der Waals surface area contributed by atoms with Crippen molar-refractivity contribution in [2.24, 2.45) is 5.41 Å². The third-order valence-electron chi connectivity index (χ3n) is 6.17. The van der Waals surface area contributed by atoms with Gasteiger partial charge in [0.15, 0.2) is 0 Å². The van der Waals surface area contributed by atoms with E-state index in [9.17, 15) is 19.5 Å². The van der Waals surface area contributed by atoms with Crippen LogP contribution >= 0.6 is 0 Å². The van der Waals surface area contributed by atoms with Gasteiger partial charge in [-0.15, -0.1) is 0 Å². The lowest BCUT2D eigenvalue weighted by molar-refractivity contribution is -0.155. The zero-order valence-electron chi connectivity index (χ0n) is 16.1. The Morgan fingerprint density at radius 3 is 2.37 bits per heavy atom. The van der Waals surface area contributed by atoms with Crippen molar-refractivity contribution < 1.29 is 19.5 Å². The summed E-state index contributed by atoms with van der Waals surface area (Å²) in [6.45, 7) is 5.43. The highest BCUT2D eigenvalue weighted by Gasteiger charge is 2.43. The molecule has 6 heteroatoms. The summed E-state index contributed by atoms with van der Waals surface area (Å²) in [5.74, 6) is -0.907. The molecule has 2 aliphatic heterocycles. The molecule has 1 aromatic carbocycles. The summed E-state index contributed by atoms with van der Waals surface area (Å²) in [4.78, 5) is 39.5. The van der Waals surface area contributed by atoms with Crippen molar-refractivity contribution >= 4 is 17.8 Å². The number of carboxylic acids is 1. The first kappa shape index (κ1) is 19.4. The minimum absolute atomic E-state index is 0.0573. The van der Waals surface area contributed by atoms with Crippen molar-refractivity contribution in [3.05, 3.63) is 35.4 Å². The second-order valence-electron chi connectivity index (χ2n) is 8.08. The van der Waals surface area contributed by atoms with E-state index in [0.717, 1.165) is 24.8 Å². The highest BCUT2D eigenvalue weighted by atomic mass is 16.4. The van der Waals surface area contributed by atoms with Gasteiger partial charge in [0.1, 0.15) is 6.04 Å².